The van der Waals surface area contributed by atoms with Crippen molar-refractivity contribution < 1.29 is 23.8 Å². The maximum atomic E-state index is 13.0. The lowest BCUT2D eigenvalue weighted by molar-refractivity contribution is 0.0998. The lowest BCUT2D eigenvalue weighted by atomic mass is 9.85. The number of ether oxygens (including phenoxy) is 3. The Bertz CT molecular complexity index is 948. The fraction of sp³-hybridized carbons (Fsp3) is 0.238. The van der Waals surface area contributed by atoms with E-state index in [0.29, 0.717) is 46.1 Å². The van der Waals surface area contributed by atoms with Gasteiger partial charge in [0.1, 0.15) is 5.75 Å². The van der Waals surface area contributed by atoms with Crippen molar-refractivity contribution in [1.82, 2.24) is 0 Å². The first-order valence-electron chi connectivity index (χ1n) is 8.71. The van der Waals surface area contributed by atoms with Gasteiger partial charge in [0.2, 0.25) is 6.79 Å². The van der Waals surface area contributed by atoms with Gasteiger partial charge < -0.3 is 14.2 Å². The van der Waals surface area contributed by atoms with Gasteiger partial charge in [-0.1, -0.05) is 34.1 Å². The molecule has 1 aliphatic carbocycles. The number of carbonyl (C=O) groups is 2. The van der Waals surface area contributed by atoms with Crippen LogP contribution in [0.3, 0.4) is 0 Å². The summed E-state index contributed by atoms with van der Waals surface area (Å²) in [6, 6.07) is 10.4. The van der Waals surface area contributed by atoms with Crippen molar-refractivity contribution in [3.63, 3.8) is 0 Å². The average molecular weight is 429 g/mol. The molecule has 5 nitrogen and oxygen atoms in total. The third kappa shape index (κ3) is 3.37. The van der Waals surface area contributed by atoms with Crippen LogP contribution < -0.4 is 14.2 Å². The van der Waals surface area contributed by atoms with Crippen LogP contribution in [0.1, 0.15) is 39.1 Å². The minimum atomic E-state index is -0.228. The van der Waals surface area contributed by atoms with Gasteiger partial charge in [-0.2, -0.15) is 0 Å². The summed E-state index contributed by atoms with van der Waals surface area (Å²) in [5.74, 6) is 1.24. The number of Topliss-reactive ketones (excluding diaryl/α,β-unsaturated/α-hetero) is 1. The molecule has 0 bridgehead atoms. The highest BCUT2D eigenvalue weighted by Gasteiger charge is 2.30. The van der Waals surface area contributed by atoms with Gasteiger partial charge >= 0.3 is 0 Å². The minimum Gasteiger partial charge on any atom is -0.493 e. The van der Waals surface area contributed by atoms with Crippen LogP contribution >= 0.6 is 15.9 Å². The van der Waals surface area contributed by atoms with Crippen molar-refractivity contribution in [1.29, 1.82) is 0 Å². The monoisotopic (exact) mass is 428 g/mol. The van der Waals surface area contributed by atoms with Crippen LogP contribution in [0.15, 0.2) is 42.5 Å². The Hall–Kier alpha value is -2.60. The molecular formula is C21H17BrO5. The molecule has 27 heavy (non-hydrogen) atoms. The van der Waals surface area contributed by atoms with Crippen molar-refractivity contribution >= 4 is 33.1 Å². The Labute approximate surface area is 165 Å². The molecule has 6 heteroatoms. The SMILES string of the molecule is O=C1C(c2ccc3c(c2)OCO3)=CC(=O)c2c(OCCCCBr)cccc21. The van der Waals surface area contributed by atoms with E-state index in [4.69, 9.17) is 14.2 Å². The smallest absolute Gasteiger partial charge is 0.231 e. The minimum absolute atomic E-state index is 0.156. The molecule has 0 amide bonds. The molecule has 138 valence electrons. The maximum Gasteiger partial charge on any atom is 0.231 e. The quantitative estimate of drug-likeness (QED) is 0.502. The number of halogens is 1. The van der Waals surface area contributed by atoms with E-state index in [0.717, 1.165) is 18.2 Å². The highest BCUT2D eigenvalue weighted by molar-refractivity contribution is 9.09. The van der Waals surface area contributed by atoms with Gasteiger partial charge in [-0.15, -0.1) is 0 Å². The van der Waals surface area contributed by atoms with Gasteiger partial charge in [0.15, 0.2) is 23.1 Å². The zero-order valence-electron chi connectivity index (χ0n) is 14.5. The number of rotatable bonds is 6. The molecule has 2 aliphatic rings. The van der Waals surface area contributed by atoms with E-state index in [-0.39, 0.29) is 18.4 Å². The number of fused-ring (bicyclic) bond motifs is 2. The summed E-state index contributed by atoms with van der Waals surface area (Å²) in [5.41, 5.74) is 1.69. The molecule has 0 fully saturated rings. The summed E-state index contributed by atoms with van der Waals surface area (Å²) in [6.07, 6.45) is 3.24. The molecule has 0 spiro atoms. The number of unbranched alkanes of at least 4 members (excludes halogenated alkanes) is 1. The van der Waals surface area contributed by atoms with Crippen LogP contribution in [0.25, 0.3) is 5.57 Å². The van der Waals surface area contributed by atoms with Gasteiger partial charge in [-0.3, -0.25) is 9.59 Å². The van der Waals surface area contributed by atoms with Gasteiger partial charge in [-0.25, -0.2) is 0 Å². The summed E-state index contributed by atoms with van der Waals surface area (Å²) in [4.78, 5) is 25.8. The standard InChI is InChI=1S/C21H17BrO5/c22-8-1-2-9-25-18-5-3-4-14-20(18)16(23)11-15(21(14)24)13-6-7-17-19(10-13)27-12-26-17/h3-7,10-11H,1-2,8-9,12H2. The van der Waals surface area contributed by atoms with Crippen molar-refractivity contribution in [2.24, 2.45) is 0 Å². The van der Waals surface area contributed by atoms with Crippen molar-refractivity contribution in [3.05, 3.63) is 59.2 Å². The number of benzene rings is 2. The van der Waals surface area contributed by atoms with Crippen LogP contribution in [0.2, 0.25) is 0 Å². The molecule has 0 aromatic heterocycles. The molecule has 0 N–H and O–H groups in total. The molecule has 0 radical (unpaired) electrons. The van der Waals surface area contributed by atoms with Crippen molar-refractivity contribution in [2.45, 2.75) is 12.8 Å². The molecule has 1 heterocycles. The molecular weight excluding hydrogens is 412 g/mol. The summed E-state index contributed by atoms with van der Waals surface area (Å²) < 4.78 is 16.4. The number of ketones is 2. The van der Waals surface area contributed by atoms with E-state index < -0.39 is 0 Å². The molecule has 0 saturated carbocycles. The lowest BCUT2D eigenvalue weighted by Crippen LogP contribution is -2.18. The zero-order valence-corrected chi connectivity index (χ0v) is 16.1. The second-order valence-electron chi connectivity index (χ2n) is 6.24. The second-order valence-corrected chi connectivity index (χ2v) is 7.04. The first kappa shape index (κ1) is 17.8. The van der Waals surface area contributed by atoms with E-state index >= 15 is 0 Å². The normalized spacial score (nSPS) is 14.8. The van der Waals surface area contributed by atoms with Gasteiger partial charge in [0, 0.05) is 16.5 Å². The lowest BCUT2D eigenvalue weighted by Gasteiger charge is -2.18. The van der Waals surface area contributed by atoms with Gasteiger partial charge in [-0.05, 0) is 42.7 Å². The number of carbonyl (C=O) groups excluding carboxylic acids is 2. The van der Waals surface area contributed by atoms with E-state index in [2.05, 4.69) is 15.9 Å². The molecule has 4 rings (SSSR count). The first-order valence-corrected chi connectivity index (χ1v) is 9.83. The van der Waals surface area contributed by atoms with E-state index in [1.807, 2.05) is 0 Å². The Morgan fingerprint density at radius 1 is 1.04 bits per heavy atom. The zero-order chi connectivity index (χ0) is 18.8. The molecule has 1 aliphatic heterocycles. The number of hydrogen-bond acceptors (Lipinski definition) is 5. The van der Waals surface area contributed by atoms with Crippen LogP contribution in [0.4, 0.5) is 0 Å². The van der Waals surface area contributed by atoms with E-state index in [9.17, 15) is 9.59 Å². The number of allylic oxidation sites excluding steroid dienone is 2. The van der Waals surface area contributed by atoms with Gasteiger partial charge in [0.05, 0.1) is 12.2 Å². The Kier molecular flexibility index (Phi) is 4.99. The van der Waals surface area contributed by atoms with E-state index in [1.165, 1.54) is 6.08 Å². The number of alkyl halides is 1. The first-order chi connectivity index (χ1) is 13.2. The van der Waals surface area contributed by atoms with Crippen LogP contribution in [0.5, 0.6) is 17.2 Å². The molecule has 0 atom stereocenters. The maximum absolute atomic E-state index is 13.0. The predicted octanol–water partition coefficient (Wildman–Crippen LogP) is 4.43. The Morgan fingerprint density at radius 2 is 1.89 bits per heavy atom. The van der Waals surface area contributed by atoms with Crippen LogP contribution in [0, 0.1) is 0 Å². The fourth-order valence-electron chi connectivity index (χ4n) is 3.17. The Morgan fingerprint density at radius 3 is 2.74 bits per heavy atom. The molecule has 2 aromatic rings. The Balaban J connectivity index is 1.65. The number of hydrogen-bond donors (Lipinski definition) is 0. The topological polar surface area (TPSA) is 61.8 Å². The van der Waals surface area contributed by atoms with Crippen molar-refractivity contribution in [3.8, 4) is 17.2 Å². The van der Waals surface area contributed by atoms with Crippen molar-refractivity contribution in [2.75, 3.05) is 18.7 Å². The molecule has 2 aromatic carbocycles. The summed E-state index contributed by atoms with van der Waals surface area (Å²) in [5, 5.41) is 0.905. The summed E-state index contributed by atoms with van der Waals surface area (Å²) in [6.45, 7) is 0.658. The fourth-order valence-corrected chi connectivity index (χ4v) is 3.56. The largest absolute Gasteiger partial charge is 0.493 e. The van der Waals surface area contributed by atoms with Crippen LogP contribution in [-0.2, 0) is 0 Å². The van der Waals surface area contributed by atoms with E-state index in [1.54, 1.807) is 36.4 Å². The third-order valence-electron chi connectivity index (χ3n) is 4.51. The summed E-state index contributed by atoms with van der Waals surface area (Å²) in [7, 11) is 0. The average Bonchev–Trinajstić information content (AvgIpc) is 3.15. The second kappa shape index (κ2) is 7.56. The third-order valence-corrected chi connectivity index (χ3v) is 5.07. The molecule has 0 unspecified atom stereocenters. The predicted molar refractivity (Wildman–Crippen MR) is 104 cm³/mol. The highest BCUT2D eigenvalue weighted by Crippen LogP contribution is 2.38. The highest BCUT2D eigenvalue weighted by atomic mass is 79.9. The van der Waals surface area contributed by atoms with Crippen LogP contribution in [-0.4, -0.2) is 30.3 Å². The molecule has 0 saturated heterocycles. The van der Waals surface area contributed by atoms with Gasteiger partial charge in [0.25, 0.3) is 0 Å². The summed E-state index contributed by atoms with van der Waals surface area (Å²) >= 11 is 3.38.